The number of amidine groups is 1. The minimum Gasteiger partial charge on any atom is -0.453 e. The van der Waals surface area contributed by atoms with E-state index in [-0.39, 0.29) is 29.1 Å². The van der Waals surface area contributed by atoms with Crippen LogP contribution in [0.4, 0.5) is 5.69 Å². The highest BCUT2D eigenvalue weighted by molar-refractivity contribution is 8.18. The van der Waals surface area contributed by atoms with Crippen molar-refractivity contribution in [2.24, 2.45) is 0 Å². The lowest BCUT2D eigenvalue weighted by Gasteiger charge is -2.01. The van der Waals surface area contributed by atoms with Gasteiger partial charge in [0.1, 0.15) is 0 Å². The number of carbonyl (C=O) groups is 1. The Morgan fingerprint density at radius 1 is 1.45 bits per heavy atom. The molecule has 1 aromatic rings. The second-order valence-corrected chi connectivity index (χ2v) is 4.98. The first-order valence-corrected chi connectivity index (χ1v) is 6.24. The monoisotopic (exact) mass is 293 g/mol. The van der Waals surface area contributed by atoms with Crippen molar-refractivity contribution in [3.63, 3.8) is 0 Å². The number of fused-ring (bicyclic) bond motifs is 1. The highest BCUT2D eigenvalue weighted by atomic mass is 32.2. The van der Waals surface area contributed by atoms with E-state index in [2.05, 4.69) is 5.32 Å². The smallest absolute Gasteiger partial charge is 0.315 e. The number of carbonyl (C=O) groups excluding carboxylic acids is 1. The number of benzene rings is 1. The molecule has 0 aliphatic carbocycles. The lowest BCUT2D eigenvalue weighted by molar-refractivity contribution is -0.385. The number of rotatable bonds is 2. The third-order valence-electron chi connectivity index (χ3n) is 2.63. The molecule has 0 atom stereocenters. The number of amides is 1. The summed E-state index contributed by atoms with van der Waals surface area (Å²) in [6.07, 6.45) is 1.47. The molecule has 0 radical (unpaired) electrons. The van der Waals surface area contributed by atoms with E-state index in [4.69, 9.17) is 14.9 Å². The predicted octanol–water partition coefficient (Wildman–Crippen LogP) is 1.46. The van der Waals surface area contributed by atoms with Gasteiger partial charge in [0, 0.05) is 6.07 Å². The molecular formula is C11H7N3O5S. The fraction of sp³-hybridized carbons (Fsp3) is 0.0909. The zero-order valence-corrected chi connectivity index (χ0v) is 10.7. The Morgan fingerprint density at radius 3 is 2.90 bits per heavy atom. The van der Waals surface area contributed by atoms with Gasteiger partial charge < -0.3 is 14.8 Å². The first-order chi connectivity index (χ1) is 9.54. The van der Waals surface area contributed by atoms with Crippen molar-refractivity contribution < 1.29 is 19.2 Å². The molecule has 0 unspecified atom stereocenters. The molecule has 1 saturated heterocycles. The van der Waals surface area contributed by atoms with E-state index in [1.165, 1.54) is 12.1 Å². The van der Waals surface area contributed by atoms with Crippen LogP contribution in [0.25, 0.3) is 6.08 Å². The fourth-order valence-corrected chi connectivity index (χ4v) is 2.53. The van der Waals surface area contributed by atoms with E-state index in [0.29, 0.717) is 10.5 Å². The molecular weight excluding hydrogens is 286 g/mol. The molecule has 3 rings (SSSR count). The number of hydrogen-bond donors (Lipinski definition) is 2. The summed E-state index contributed by atoms with van der Waals surface area (Å²) in [6, 6.07) is 2.86. The van der Waals surface area contributed by atoms with Crippen LogP contribution in [0.5, 0.6) is 11.5 Å². The maximum absolute atomic E-state index is 11.5. The standard InChI is InChI=1S/C11H7N3O5S/c12-11-13-10(15)8(20-11)3-5-1-6(14(16)17)9-7(2-5)18-4-19-9/h1-3H,4H2,(H2,12,13,15). The van der Waals surface area contributed by atoms with Gasteiger partial charge in [0.25, 0.3) is 5.91 Å². The number of nitro benzene ring substituents is 1. The van der Waals surface area contributed by atoms with Crippen LogP contribution in [-0.4, -0.2) is 22.8 Å². The van der Waals surface area contributed by atoms with Gasteiger partial charge in [0.2, 0.25) is 12.5 Å². The molecule has 2 N–H and O–H groups in total. The van der Waals surface area contributed by atoms with Gasteiger partial charge in [-0.1, -0.05) is 0 Å². The zero-order valence-electron chi connectivity index (χ0n) is 9.84. The maximum Gasteiger partial charge on any atom is 0.315 e. The number of thioether (sulfide) groups is 1. The van der Waals surface area contributed by atoms with Crippen molar-refractivity contribution in [2.75, 3.05) is 6.79 Å². The molecule has 1 aromatic carbocycles. The summed E-state index contributed by atoms with van der Waals surface area (Å²) in [7, 11) is 0. The first kappa shape index (κ1) is 12.5. The van der Waals surface area contributed by atoms with Gasteiger partial charge in [-0.15, -0.1) is 0 Å². The van der Waals surface area contributed by atoms with Gasteiger partial charge in [0.15, 0.2) is 10.9 Å². The molecule has 0 bridgehead atoms. The van der Waals surface area contributed by atoms with Gasteiger partial charge in [-0.2, -0.15) is 0 Å². The first-order valence-electron chi connectivity index (χ1n) is 5.42. The highest BCUT2D eigenvalue weighted by Crippen LogP contribution is 2.42. The van der Waals surface area contributed by atoms with Gasteiger partial charge in [0.05, 0.1) is 9.83 Å². The maximum atomic E-state index is 11.5. The van der Waals surface area contributed by atoms with Crippen LogP contribution >= 0.6 is 11.8 Å². The summed E-state index contributed by atoms with van der Waals surface area (Å²) in [5, 5.41) is 20.7. The Labute approximate surface area is 116 Å². The Bertz CT molecular complexity index is 685. The summed E-state index contributed by atoms with van der Waals surface area (Å²) in [4.78, 5) is 22.2. The normalized spacial score (nSPS) is 18.5. The van der Waals surface area contributed by atoms with E-state index < -0.39 is 10.8 Å². The molecule has 8 nitrogen and oxygen atoms in total. The fourth-order valence-electron chi connectivity index (χ4n) is 1.82. The molecule has 1 amide bonds. The van der Waals surface area contributed by atoms with Crippen molar-refractivity contribution in [1.29, 1.82) is 5.41 Å². The highest BCUT2D eigenvalue weighted by Gasteiger charge is 2.28. The Balaban J connectivity index is 2.05. The summed E-state index contributed by atoms with van der Waals surface area (Å²) < 4.78 is 10.2. The lowest BCUT2D eigenvalue weighted by Crippen LogP contribution is -2.18. The van der Waals surface area contributed by atoms with Crippen LogP contribution in [0.1, 0.15) is 5.56 Å². The van der Waals surface area contributed by atoms with Crippen LogP contribution in [0.3, 0.4) is 0 Å². The van der Waals surface area contributed by atoms with Gasteiger partial charge in [-0.25, -0.2) is 0 Å². The Kier molecular flexibility index (Phi) is 2.83. The number of nitro groups is 1. The molecule has 2 aliphatic heterocycles. The van der Waals surface area contributed by atoms with Crippen LogP contribution in [0.15, 0.2) is 17.0 Å². The van der Waals surface area contributed by atoms with E-state index in [1.807, 2.05) is 0 Å². The molecule has 0 spiro atoms. The third-order valence-corrected chi connectivity index (χ3v) is 3.46. The largest absolute Gasteiger partial charge is 0.453 e. The molecule has 0 saturated carbocycles. The zero-order chi connectivity index (χ0) is 14.3. The van der Waals surface area contributed by atoms with Crippen LogP contribution in [0, 0.1) is 15.5 Å². The minimum atomic E-state index is -0.570. The summed E-state index contributed by atoms with van der Waals surface area (Å²) in [6.45, 7) is -0.0733. The quantitative estimate of drug-likeness (QED) is 0.484. The average Bonchev–Trinajstić information content (AvgIpc) is 2.95. The van der Waals surface area contributed by atoms with E-state index in [1.54, 1.807) is 6.07 Å². The number of nitrogens with one attached hydrogen (secondary N) is 2. The Hall–Kier alpha value is -2.55. The van der Waals surface area contributed by atoms with Crippen molar-refractivity contribution in [3.8, 4) is 11.5 Å². The van der Waals surface area contributed by atoms with E-state index in [9.17, 15) is 14.9 Å². The molecule has 2 heterocycles. The second kappa shape index (κ2) is 4.53. The Morgan fingerprint density at radius 2 is 2.25 bits per heavy atom. The summed E-state index contributed by atoms with van der Waals surface area (Å²) in [5.74, 6) is -0.0433. The summed E-state index contributed by atoms with van der Waals surface area (Å²) in [5.41, 5.74) is 0.221. The SMILES string of the molecule is N=C1NC(=O)C(=Cc2cc3c(c([N+](=O)[O-])c2)OCO3)S1. The van der Waals surface area contributed by atoms with Crippen molar-refractivity contribution in [3.05, 3.63) is 32.7 Å². The molecule has 0 aromatic heterocycles. The van der Waals surface area contributed by atoms with Gasteiger partial charge >= 0.3 is 5.69 Å². The van der Waals surface area contributed by atoms with E-state index >= 15 is 0 Å². The van der Waals surface area contributed by atoms with Crippen LogP contribution in [0.2, 0.25) is 0 Å². The van der Waals surface area contributed by atoms with Gasteiger partial charge in [-0.05, 0) is 29.5 Å². The van der Waals surface area contributed by atoms with Crippen molar-refractivity contribution >= 4 is 34.6 Å². The number of hydrogen-bond acceptors (Lipinski definition) is 7. The average molecular weight is 293 g/mol. The molecule has 102 valence electrons. The predicted molar refractivity (Wildman–Crippen MR) is 70.7 cm³/mol. The van der Waals surface area contributed by atoms with Crippen LogP contribution in [-0.2, 0) is 4.79 Å². The topological polar surface area (TPSA) is 115 Å². The molecule has 20 heavy (non-hydrogen) atoms. The number of ether oxygens (including phenoxy) is 2. The molecule has 9 heteroatoms. The summed E-state index contributed by atoms with van der Waals surface area (Å²) >= 11 is 0.958. The molecule has 1 fully saturated rings. The van der Waals surface area contributed by atoms with Crippen LogP contribution < -0.4 is 14.8 Å². The minimum absolute atomic E-state index is 0.0245. The van der Waals surface area contributed by atoms with Crippen molar-refractivity contribution in [1.82, 2.24) is 5.32 Å². The van der Waals surface area contributed by atoms with Crippen molar-refractivity contribution in [2.45, 2.75) is 0 Å². The lowest BCUT2D eigenvalue weighted by atomic mass is 10.1. The van der Waals surface area contributed by atoms with E-state index in [0.717, 1.165) is 11.8 Å². The second-order valence-electron chi connectivity index (χ2n) is 3.92. The third kappa shape index (κ3) is 2.07. The number of nitrogens with zero attached hydrogens (tertiary/aromatic N) is 1. The van der Waals surface area contributed by atoms with Gasteiger partial charge in [-0.3, -0.25) is 20.3 Å². The molecule has 2 aliphatic rings.